The van der Waals surface area contributed by atoms with Crippen molar-refractivity contribution >= 4 is 22.8 Å². The van der Waals surface area contributed by atoms with Gasteiger partial charge < -0.3 is 5.73 Å². The molecule has 0 saturated carbocycles. The Morgan fingerprint density at radius 1 is 0.966 bits per heavy atom. The summed E-state index contributed by atoms with van der Waals surface area (Å²) < 4.78 is 1.31. The lowest BCUT2D eigenvalue weighted by Gasteiger charge is -2.23. The molecular formula is C22H16N6O. The molecule has 6 rings (SSSR count). The van der Waals surface area contributed by atoms with E-state index in [2.05, 4.69) is 27.3 Å². The predicted molar refractivity (Wildman–Crippen MR) is 112 cm³/mol. The molecule has 3 heterocycles. The molecule has 29 heavy (non-hydrogen) atoms. The van der Waals surface area contributed by atoms with Crippen molar-refractivity contribution in [1.82, 2.24) is 24.6 Å². The number of benzene rings is 2. The first-order valence-electron chi connectivity index (χ1n) is 9.45. The molecule has 0 radical (unpaired) electrons. The van der Waals surface area contributed by atoms with Crippen molar-refractivity contribution in [2.24, 2.45) is 0 Å². The number of H-pyrrole nitrogens is 1. The molecule has 1 aliphatic carbocycles. The molecule has 5 aromatic rings. The van der Waals surface area contributed by atoms with Gasteiger partial charge in [-0.3, -0.25) is 4.79 Å². The molecule has 0 unspecified atom stereocenters. The summed E-state index contributed by atoms with van der Waals surface area (Å²) >= 11 is 0. The van der Waals surface area contributed by atoms with Gasteiger partial charge in [-0.15, -0.1) is 5.10 Å². The summed E-state index contributed by atoms with van der Waals surface area (Å²) in [6.07, 6.45) is 1.71. The fraction of sp³-hybridized carbons (Fsp3) is 0.0909. The minimum atomic E-state index is -0.260. The molecular weight excluding hydrogens is 364 g/mol. The Bertz CT molecular complexity index is 1480. The van der Waals surface area contributed by atoms with Crippen molar-refractivity contribution in [3.63, 3.8) is 0 Å². The molecule has 3 aromatic heterocycles. The maximum absolute atomic E-state index is 13.4. The average Bonchev–Trinajstić information content (AvgIpc) is 3.13. The van der Waals surface area contributed by atoms with Gasteiger partial charge in [-0.2, -0.15) is 4.98 Å². The molecule has 0 fully saturated rings. The molecule has 1 aliphatic rings. The summed E-state index contributed by atoms with van der Waals surface area (Å²) in [5, 5.41) is 7.13. The van der Waals surface area contributed by atoms with Crippen LogP contribution < -0.4 is 11.3 Å². The van der Waals surface area contributed by atoms with E-state index >= 15 is 0 Å². The summed E-state index contributed by atoms with van der Waals surface area (Å²) in [6.45, 7) is 0. The van der Waals surface area contributed by atoms with E-state index in [9.17, 15) is 4.79 Å². The first kappa shape index (κ1) is 16.0. The maximum Gasteiger partial charge on any atom is 0.272 e. The van der Waals surface area contributed by atoms with Gasteiger partial charge in [-0.05, 0) is 29.5 Å². The zero-order chi connectivity index (χ0) is 19.5. The highest BCUT2D eigenvalue weighted by atomic mass is 16.1. The summed E-state index contributed by atoms with van der Waals surface area (Å²) in [7, 11) is 0. The van der Waals surface area contributed by atoms with Crippen LogP contribution >= 0.6 is 0 Å². The average molecular weight is 380 g/mol. The zero-order valence-corrected chi connectivity index (χ0v) is 15.4. The number of pyridine rings is 1. The Hall–Kier alpha value is -4.00. The van der Waals surface area contributed by atoms with Crippen LogP contribution in [0.5, 0.6) is 0 Å². The highest BCUT2D eigenvalue weighted by Crippen LogP contribution is 2.40. The van der Waals surface area contributed by atoms with Crippen molar-refractivity contribution in [1.29, 1.82) is 0 Å². The second-order valence-electron chi connectivity index (χ2n) is 7.19. The quantitative estimate of drug-likeness (QED) is 0.465. The first-order chi connectivity index (χ1) is 14.2. The molecule has 0 atom stereocenters. The second kappa shape index (κ2) is 5.75. The van der Waals surface area contributed by atoms with E-state index in [0.717, 1.165) is 40.8 Å². The Kier molecular flexibility index (Phi) is 3.17. The number of nitrogens with zero attached hydrogens (tertiary/aromatic N) is 4. The number of nitrogens with two attached hydrogens (primary N) is 1. The molecule has 0 spiro atoms. The van der Waals surface area contributed by atoms with Crippen molar-refractivity contribution in [3.8, 4) is 22.4 Å². The molecule has 7 nitrogen and oxygen atoms in total. The van der Waals surface area contributed by atoms with Crippen LogP contribution in [0.4, 0.5) is 5.95 Å². The fourth-order valence-electron chi connectivity index (χ4n) is 4.32. The van der Waals surface area contributed by atoms with Crippen molar-refractivity contribution < 1.29 is 0 Å². The summed E-state index contributed by atoms with van der Waals surface area (Å²) in [5.41, 5.74) is 12.2. The minimum Gasteiger partial charge on any atom is -0.368 e. The van der Waals surface area contributed by atoms with Gasteiger partial charge in [0.05, 0.1) is 11.1 Å². The molecule has 0 bridgehead atoms. The lowest BCUT2D eigenvalue weighted by molar-refractivity contribution is 0.931. The zero-order valence-electron chi connectivity index (χ0n) is 15.4. The monoisotopic (exact) mass is 380 g/mol. The maximum atomic E-state index is 13.4. The van der Waals surface area contributed by atoms with E-state index in [0.29, 0.717) is 11.0 Å². The van der Waals surface area contributed by atoms with Crippen LogP contribution in [0, 0.1) is 0 Å². The largest absolute Gasteiger partial charge is 0.368 e. The lowest BCUT2D eigenvalue weighted by Crippen LogP contribution is -2.19. The Morgan fingerprint density at radius 2 is 1.76 bits per heavy atom. The van der Waals surface area contributed by atoms with Crippen LogP contribution in [0.25, 0.3) is 39.2 Å². The third-order valence-corrected chi connectivity index (χ3v) is 5.60. The van der Waals surface area contributed by atoms with Crippen molar-refractivity contribution in [2.45, 2.75) is 12.8 Å². The van der Waals surface area contributed by atoms with E-state index in [1.54, 1.807) is 0 Å². The standard InChI is InChI=1S/C22H16N6O/c23-21-26-27-22-25-19-17(20(29)28(21)22)16(13-7-2-1-3-8-13)15-11-10-12-6-4-5-9-14(12)18(15)24-19/h1-9H,10-11H2,(H2,23,26)(H,24,25,27). The van der Waals surface area contributed by atoms with Gasteiger partial charge in [0.1, 0.15) is 0 Å². The van der Waals surface area contributed by atoms with Gasteiger partial charge in [-0.1, -0.05) is 54.6 Å². The van der Waals surface area contributed by atoms with Crippen LogP contribution in [0.15, 0.2) is 59.4 Å². The number of nitrogen functional groups attached to an aromatic ring is 1. The van der Waals surface area contributed by atoms with Crippen LogP contribution in [0.3, 0.4) is 0 Å². The lowest BCUT2D eigenvalue weighted by atomic mass is 9.84. The van der Waals surface area contributed by atoms with Crippen LogP contribution in [0.1, 0.15) is 11.1 Å². The number of hydrogen-bond acceptors (Lipinski definition) is 5. The molecule has 0 aliphatic heterocycles. The SMILES string of the molecule is Nc1n[nH]c2nc3nc4c(c(-c5ccccc5)c3c(=O)n12)CCc1ccccc1-4. The highest BCUT2D eigenvalue weighted by Gasteiger charge is 2.26. The van der Waals surface area contributed by atoms with Crippen LogP contribution in [-0.4, -0.2) is 24.6 Å². The number of anilines is 1. The van der Waals surface area contributed by atoms with E-state index in [1.807, 2.05) is 42.5 Å². The number of hydrogen-bond donors (Lipinski definition) is 2. The number of nitrogens with one attached hydrogen (secondary N) is 1. The fourth-order valence-corrected chi connectivity index (χ4v) is 4.32. The van der Waals surface area contributed by atoms with Gasteiger partial charge in [0, 0.05) is 11.1 Å². The van der Waals surface area contributed by atoms with E-state index < -0.39 is 0 Å². The summed E-state index contributed by atoms with van der Waals surface area (Å²) in [6, 6.07) is 18.2. The Balaban J connectivity index is 1.85. The van der Waals surface area contributed by atoms with Gasteiger partial charge in [0.2, 0.25) is 11.7 Å². The Morgan fingerprint density at radius 3 is 2.62 bits per heavy atom. The number of aromatic amines is 1. The summed E-state index contributed by atoms with van der Waals surface area (Å²) in [4.78, 5) is 22.9. The first-order valence-corrected chi connectivity index (χ1v) is 9.45. The molecule has 2 aromatic carbocycles. The van der Waals surface area contributed by atoms with Gasteiger partial charge in [0.15, 0.2) is 5.65 Å². The molecule has 7 heteroatoms. The third kappa shape index (κ3) is 2.18. The Labute approximate surface area is 164 Å². The van der Waals surface area contributed by atoms with Gasteiger partial charge >= 0.3 is 0 Å². The minimum absolute atomic E-state index is 0.0847. The predicted octanol–water partition coefficient (Wildman–Crippen LogP) is 2.98. The normalized spacial score (nSPS) is 12.8. The number of rotatable bonds is 1. The van der Waals surface area contributed by atoms with Crippen molar-refractivity contribution in [3.05, 3.63) is 76.1 Å². The van der Waals surface area contributed by atoms with Gasteiger partial charge in [-0.25, -0.2) is 14.5 Å². The van der Waals surface area contributed by atoms with E-state index in [4.69, 9.17) is 10.7 Å². The smallest absolute Gasteiger partial charge is 0.272 e. The number of aryl methyl sites for hydroxylation is 1. The molecule has 0 saturated heterocycles. The van der Waals surface area contributed by atoms with E-state index in [-0.39, 0.29) is 17.3 Å². The third-order valence-electron chi connectivity index (χ3n) is 5.60. The van der Waals surface area contributed by atoms with Crippen LogP contribution in [-0.2, 0) is 12.8 Å². The molecule has 0 amide bonds. The second-order valence-corrected chi connectivity index (χ2v) is 7.19. The van der Waals surface area contributed by atoms with Crippen molar-refractivity contribution in [2.75, 3.05) is 5.73 Å². The van der Waals surface area contributed by atoms with Gasteiger partial charge in [0.25, 0.3) is 5.56 Å². The van der Waals surface area contributed by atoms with Crippen LogP contribution in [0.2, 0.25) is 0 Å². The molecule has 140 valence electrons. The molecule has 3 N–H and O–H groups in total. The topological polar surface area (TPSA) is 102 Å². The number of fused-ring (bicyclic) bond motifs is 5. The summed E-state index contributed by atoms with van der Waals surface area (Å²) in [5.74, 6) is 0.372. The highest BCUT2D eigenvalue weighted by molar-refractivity contribution is 5.98. The number of aromatic nitrogens is 5. The van der Waals surface area contributed by atoms with E-state index in [1.165, 1.54) is 9.96 Å².